The van der Waals surface area contributed by atoms with E-state index in [-0.39, 0.29) is 28.8 Å². The van der Waals surface area contributed by atoms with E-state index in [1.165, 1.54) is 21.0 Å². The van der Waals surface area contributed by atoms with Crippen molar-refractivity contribution in [1.29, 1.82) is 0 Å². The van der Waals surface area contributed by atoms with Gasteiger partial charge in [-0.2, -0.15) is 4.31 Å². The molecule has 1 atom stereocenters. The fourth-order valence-electron chi connectivity index (χ4n) is 5.04. The topological polar surface area (TPSA) is 105 Å². The van der Waals surface area contributed by atoms with Gasteiger partial charge in [0.05, 0.1) is 23.4 Å². The predicted octanol–water partition coefficient (Wildman–Crippen LogP) is 1.89. The number of carbonyl (C=O) groups excluding carboxylic acids is 1. The van der Waals surface area contributed by atoms with Crippen LogP contribution in [-0.4, -0.2) is 74.5 Å². The van der Waals surface area contributed by atoms with Crippen LogP contribution in [0.15, 0.2) is 56.6 Å². The largest absolute Gasteiger partial charge is 0.497 e. The van der Waals surface area contributed by atoms with Crippen LogP contribution in [0.2, 0.25) is 0 Å². The van der Waals surface area contributed by atoms with Gasteiger partial charge in [0.25, 0.3) is 0 Å². The molecule has 3 aromatic rings. The molecule has 0 bridgehead atoms. The van der Waals surface area contributed by atoms with E-state index in [1.54, 1.807) is 20.2 Å². The highest BCUT2D eigenvalue weighted by atomic mass is 32.2. The van der Waals surface area contributed by atoms with Gasteiger partial charge in [0.1, 0.15) is 5.75 Å². The summed E-state index contributed by atoms with van der Waals surface area (Å²) in [5.74, 6) is -0.127. The SMILES string of the molecule is COc1cccc(N2CCN(C(=O)[C@@H]3CCCN(S(=O)(=O)c4ccc5c(c4)oc(=O)n5C)C3)CC2)c1. The zero-order chi connectivity index (χ0) is 25.4. The molecule has 1 amide bonds. The predicted molar refractivity (Wildman–Crippen MR) is 135 cm³/mol. The molecule has 192 valence electrons. The number of oxazole rings is 1. The Balaban J connectivity index is 1.25. The maximum absolute atomic E-state index is 13.4. The summed E-state index contributed by atoms with van der Waals surface area (Å²) < 4.78 is 39.9. The van der Waals surface area contributed by atoms with Gasteiger partial charge in [-0.05, 0) is 37.1 Å². The number of rotatable bonds is 5. The van der Waals surface area contributed by atoms with Crippen LogP contribution in [-0.2, 0) is 21.9 Å². The molecule has 5 rings (SSSR count). The Kier molecular flexibility index (Phi) is 6.52. The van der Waals surface area contributed by atoms with Gasteiger partial charge in [-0.1, -0.05) is 6.07 Å². The molecule has 10 nitrogen and oxygen atoms in total. The summed E-state index contributed by atoms with van der Waals surface area (Å²) in [7, 11) is -0.625. The van der Waals surface area contributed by atoms with Crippen LogP contribution in [0.1, 0.15) is 12.8 Å². The van der Waals surface area contributed by atoms with E-state index in [9.17, 15) is 18.0 Å². The third kappa shape index (κ3) is 4.48. The van der Waals surface area contributed by atoms with Gasteiger partial charge < -0.3 is 19.0 Å². The van der Waals surface area contributed by atoms with Crippen molar-refractivity contribution >= 4 is 32.7 Å². The van der Waals surface area contributed by atoms with Crippen molar-refractivity contribution in [3.8, 4) is 5.75 Å². The molecule has 0 N–H and O–H groups in total. The van der Waals surface area contributed by atoms with Crippen molar-refractivity contribution < 1.29 is 22.4 Å². The number of piperazine rings is 1. The zero-order valence-corrected chi connectivity index (χ0v) is 21.2. The molecule has 11 heteroatoms. The number of aryl methyl sites for hydroxylation is 1. The minimum atomic E-state index is -3.83. The average Bonchev–Trinajstić information content (AvgIpc) is 3.20. The highest BCUT2D eigenvalue weighted by Gasteiger charge is 2.36. The van der Waals surface area contributed by atoms with E-state index in [0.717, 1.165) is 11.4 Å². The third-order valence-electron chi connectivity index (χ3n) is 7.14. The third-order valence-corrected chi connectivity index (χ3v) is 9.01. The molecule has 1 aromatic heterocycles. The minimum absolute atomic E-state index is 0.00435. The number of nitrogens with zero attached hydrogens (tertiary/aromatic N) is 4. The van der Waals surface area contributed by atoms with Crippen LogP contribution in [0.5, 0.6) is 5.75 Å². The lowest BCUT2D eigenvalue weighted by Crippen LogP contribution is -2.53. The van der Waals surface area contributed by atoms with E-state index in [0.29, 0.717) is 51.1 Å². The molecule has 2 aliphatic heterocycles. The number of hydrogen-bond donors (Lipinski definition) is 0. The van der Waals surface area contributed by atoms with Crippen molar-refractivity contribution in [3.63, 3.8) is 0 Å². The smallest absolute Gasteiger partial charge is 0.419 e. The van der Waals surface area contributed by atoms with E-state index >= 15 is 0 Å². The Morgan fingerprint density at radius 3 is 2.58 bits per heavy atom. The molecule has 0 unspecified atom stereocenters. The standard InChI is InChI=1S/C25H30N4O6S/c1-26-22-9-8-21(16-23(22)35-25(26)31)36(32,33)29-10-4-5-18(17-29)24(30)28-13-11-27(12-14-28)19-6-3-7-20(15-19)34-2/h3,6-9,15-16,18H,4-5,10-14,17H2,1-2H3/t18-/m1/s1. The molecule has 3 heterocycles. The normalized spacial score (nSPS) is 19.6. The molecule has 0 aliphatic carbocycles. The lowest BCUT2D eigenvalue weighted by Gasteiger charge is -2.39. The maximum Gasteiger partial charge on any atom is 0.419 e. The summed E-state index contributed by atoms with van der Waals surface area (Å²) in [4.78, 5) is 29.3. The van der Waals surface area contributed by atoms with Crippen LogP contribution in [0.3, 0.4) is 0 Å². The molecule has 0 saturated carbocycles. The first kappa shape index (κ1) is 24.4. The van der Waals surface area contributed by atoms with E-state index in [4.69, 9.17) is 9.15 Å². The number of fused-ring (bicyclic) bond motifs is 1. The molecule has 36 heavy (non-hydrogen) atoms. The summed E-state index contributed by atoms with van der Waals surface area (Å²) in [6.45, 7) is 3.08. The number of benzene rings is 2. The number of sulfonamides is 1. The Hall–Kier alpha value is -3.31. The lowest BCUT2D eigenvalue weighted by molar-refractivity contribution is -0.137. The minimum Gasteiger partial charge on any atom is -0.497 e. The second kappa shape index (κ2) is 9.62. The fourth-order valence-corrected chi connectivity index (χ4v) is 6.58. The molecular formula is C25H30N4O6S. The van der Waals surface area contributed by atoms with E-state index in [2.05, 4.69) is 4.90 Å². The Labute approximate surface area is 209 Å². The maximum atomic E-state index is 13.4. The van der Waals surface area contributed by atoms with Gasteiger partial charge in [0.15, 0.2) is 5.58 Å². The number of amides is 1. The number of carbonyl (C=O) groups is 1. The molecule has 0 radical (unpaired) electrons. The van der Waals surface area contributed by atoms with Gasteiger partial charge in [-0.25, -0.2) is 13.2 Å². The van der Waals surface area contributed by atoms with Crippen LogP contribution in [0, 0.1) is 5.92 Å². The molecule has 2 aromatic carbocycles. The van der Waals surface area contributed by atoms with E-state index < -0.39 is 15.8 Å². The van der Waals surface area contributed by atoms with Crippen molar-refractivity contribution in [1.82, 2.24) is 13.8 Å². The van der Waals surface area contributed by atoms with Crippen molar-refractivity contribution in [2.45, 2.75) is 17.7 Å². The summed E-state index contributed by atoms with van der Waals surface area (Å²) in [6.07, 6.45) is 1.27. The summed E-state index contributed by atoms with van der Waals surface area (Å²) in [5, 5.41) is 0. The Morgan fingerprint density at radius 2 is 1.83 bits per heavy atom. The first-order chi connectivity index (χ1) is 17.3. The number of piperidine rings is 1. The molecule has 0 spiro atoms. The van der Waals surface area contributed by atoms with Gasteiger partial charge in [0.2, 0.25) is 15.9 Å². The van der Waals surface area contributed by atoms with Gasteiger partial charge in [0, 0.05) is 64.1 Å². The second-order valence-electron chi connectivity index (χ2n) is 9.27. The number of anilines is 1. The fraction of sp³-hybridized carbons (Fsp3) is 0.440. The summed E-state index contributed by atoms with van der Waals surface area (Å²) in [6, 6.07) is 12.3. The number of ether oxygens (including phenoxy) is 1. The highest BCUT2D eigenvalue weighted by molar-refractivity contribution is 7.89. The van der Waals surface area contributed by atoms with E-state index in [1.807, 2.05) is 29.2 Å². The van der Waals surface area contributed by atoms with Crippen molar-refractivity contribution in [2.24, 2.45) is 13.0 Å². The quantitative estimate of drug-likeness (QED) is 0.512. The second-order valence-corrected chi connectivity index (χ2v) is 11.2. The van der Waals surface area contributed by atoms with Crippen LogP contribution in [0.25, 0.3) is 11.1 Å². The van der Waals surface area contributed by atoms with Gasteiger partial charge in [-0.15, -0.1) is 0 Å². The highest BCUT2D eigenvalue weighted by Crippen LogP contribution is 2.28. The van der Waals surface area contributed by atoms with Gasteiger partial charge >= 0.3 is 5.76 Å². The molecular weight excluding hydrogens is 484 g/mol. The number of aromatic nitrogens is 1. The zero-order valence-electron chi connectivity index (χ0n) is 20.4. The Morgan fingerprint density at radius 1 is 1.06 bits per heavy atom. The molecule has 2 saturated heterocycles. The monoisotopic (exact) mass is 514 g/mol. The van der Waals surface area contributed by atoms with Crippen molar-refractivity contribution in [3.05, 3.63) is 53.0 Å². The molecule has 2 aliphatic rings. The molecule has 2 fully saturated rings. The average molecular weight is 515 g/mol. The number of methoxy groups -OCH3 is 1. The van der Waals surface area contributed by atoms with Crippen LogP contribution in [0.4, 0.5) is 5.69 Å². The first-order valence-electron chi connectivity index (χ1n) is 12.1. The van der Waals surface area contributed by atoms with Crippen LogP contribution >= 0.6 is 0 Å². The number of hydrogen-bond acceptors (Lipinski definition) is 7. The lowest BCUT2D eigenvalue weighted by atomic mass is 9.97. The van der Waals surface area contributed by atoms with Gasteiger partial charge in [-0.3, -0.25) is 9.36 Å². The summed E-state index contributed by atoms with van der Waals surface area (Å²) >= 11 is 0. The Bertz CT molecular complexity index is 1440. The van der Waals surface area contributed by atoms with Crippen LogP contribution < -0.4 is 15.4 Å². The van der Waals surface area contributed by atoms with Crippen molar-refractivity contribution in [2.75, 3.05) is 51.3 Å². The first-order valence-corrected chi connectivity index (χ1v) is 13.5. The summed E-state index contributed by atoms with van der Waals surface area (Å²) in [5.41, 5.74) is 1.81.